The Morgan fingerprint density at radius 2 is 1.42 bits per heavy atom. The molecule has 0 fully saturated rings. The third-order valence-electron chi connectivity index (χ3n) is 7.30. The normalized spacial score (nSPS) is 12.1. The van der Waals surface area contributed by atoms with Crippen LogP contribution in [0.2, 0.25) is 0 Å². The summed E-state index contributed by atoms with van der Waals surface area (Å²) in [6.07, 6.45) is 6.21. The van der Waals surface area contributed by atoms with Crippen LogP contribution >= 0.6 is 11.3 Å². The zero-order chi connectivity index (χ0) is 30.8. The third kappa shape index (κ3) is 9.22. The Balaban J connectivity index is 1.33. The van der Waals surface area contributed by atoms with E-state index in [1.54, 1.807) is 12.1 Å². The van der Waals surface area contributed by atoms with Gasteiger partial charge >= 0.3 is 5.97 Å². The molecule has 4 aromatic rings. The number of unbranched alkanes of at least 4 members (excludes halogenated alkanes) is 4. The van der Waals surface area contributed by atoms with Gasteiger partial charge in [-0.15, -0.1) is 10.2 Å². The lowest BCUT2D eigenvalue weighted by molar-refractivity contribution is -0.139. The third-order valence-corrected chi connectivity index (χ3v) is 8.32. The van der Waals surface area contributed by atoms with Crippen LogP contribution in [0.4, 0.5) is 0 Å². The summed E-state index contributed by atoms with van der Waals surface area (Å²) in [5.74, 6) is -0.636. The maximum atomic E-state index is 12.8. The van der Waals surface area contributed by atoms with E-state index in [4.69, 9.17) is 4.74 Å². The van der Waals surface area contributed by atoms with E-state index in [1.165, 1.54) is 37.0 Å². The molecule has 0 radical (unpaired) electrons. The van der Waals surface area contributed by atoms with Crippen molar-refractivity contribution in [2.75, 3.05) is 6.61 Å². The maximum absolute atomic E-state index is 12.8. The number of nitrogens with zero attached hydrogens (tertiary/aromatic N) is 2. The number of hydrogen-bond acceptors (Lipinski definition) is 6. The van der Waals surface area contributed by atoms with Crippen molar-refractivity contribution in [2.24, 2.45) is 0 Å². The van der Waals surface area contributed by atoms with Crippen LogP contribution in [0.1, 0.15) is 81.3 Å². The van der Waals surface area contributed by atoms with Gasteiger partial charge in [-0.25, -0.2) is 4.79 Å². The number of hydrogen-bond donors (Lipinski definition) is 2. The molecule has 4 rings (SSSR count). The van der Waals surface area contributed by atoms with Crippen molar-refractivity contribution in [1.82, 2.24) is 15.5 Å². The van der Waals surface area contributed by atoms with Crippen LogP contribution < -0.4 is 10.1 Å². The Kier molecular flexibility index (Phi) is 11.1. The predicted octanol–water partition coefficient (Wildman–Crippen LogP) is 7.94. The molecule has 3 aromatic carbocycles. The fraction of sp³-hybridized carbons (Fsp3) is 0.371. The number of carboxylic acid groups (broad SMARTS) is 1. The highest BCUT2D eigenvalue weighted by molar-refractivity contribution is 7.17. The topological polar surface area (TPSA) is 101 Å². The van der Waals surface area contributed by atoms with E-state index in [0.29, 0.717) is 5.56 Å². The Morgan fingerprint density at radius 1 is 0.837 bits per heavy atom. The van der Waals surface area contributed by atoms with Crippen molar-refractivity contribution in [1.29, 1.82) is 0 Å². The van der Waals surface area contributed by atoms with E-state index in [-0.39, 0.29) is 11.8 Å². The monoisotopic (exact) mass is 599 g/mol. The van der Waals surface area contributed by atoms with Gasteiger partial charge in [0.2, 0.25) is 0 Å². The van der Waals surface area contributed by atoms with Gasteiger partial charge in [-0.2, -0.15) is 0 Å². The van der Waals surface area contributed by atoms with Crippen LogP contribution in [0, 0.1) is 0 Å². The molecule has 0 aliphatic heterocycles. The molecule has 1 atom stereocenters. The Bertz CT molecular complexity index is 1470. The van der Waals surface area contributed by atoms with Crippen LogP contribution in [0.3, 0.4) is 0 Å². The number of amides is 1. The second kappa shape index (κ2) is 14.9. The van der Waals surface area contributed by atoms with E-state index >= 15 is 0 Å². The second-order valence-electron chi connectivity index (χ2n) is 11.8. The number of rotatable bonds is 14. The van der Waals surface area contributed by atoms with Crippen molar-refractivity contribution >= 4 is 23.2 Å². The molecule has 1 aromatic heterocycles. The van der Waals surface area contributed by atoms with Crippen molar-refractivity contribution < 1.29 is 19.4 Å². The van der Waals surface area contributed by atoms with Crippen molar-refractivity contribution in [3.8, 4) is 26.9 Å². The molecule has 1 amide bonds. The summed E-state index contributed by atoms with van der Waals surface area (Å²) in [6.45, 7) is 9.25. The SMILES string of the molecule is CCCCCCCOc1ccc(-c2nnc(-c3ccc(C[C@H](NC(=O)c4ccc(C(C)(C)C)cc4)C(=O)O)cc3)s2)cc1. The number of benzene rings is 3. The van der Waals surface area contributed by atoms with Crippen molar-refractivity contribution in [3.63, 3.8) is 0 Å². The summed E-state index contributed by atoms with van der Waals surface area (Å²) in [6, 6.07) is 21.7. The zero-order valence-corrected chi connectivity index (χ0v) is 26.2. The van der Waals surface area contributed by atoms with E-state index in [1.807, 2.05) is 60.7 Å². The van der Waals surface area contributed by atoms with E-state index < -0.39 is 17.9 Å². The van der Waals surface area contributed by atoms with Crippen molar-refractivity contribution in [2.45, 2.75) is 77.7 Å². The maximum Gasteiger partial charge on any atom is 0.326 e. The molecular formula is C35H41N3O4S. The zero-order valence-electron chi connectivity index (χ0n) is 25.4. The molecule has 1 heterocycles. The average Bonchev–Trinajstić information content (AvgIpc) is 3.49. The number of carboxylic acids is 1. The predicted molar refractivity (Wildman–Crippen MR) is 173 cm³/mol. The fourth-order valence-electron chi connectivity index (χ4n) is 4.63. The van der Waals surface area contributed by atoms with Gasteiger partial charge in [-0.3, -0.25) is 4.79 Å². The first-order chi connectivity index (χ1) is 20.6. The molecule has 2 N–H and O–H groups in total. The van der Waals surface area contributed by atoms with Gasteiger partial charge in [-0.1, -0.05) is 101 Å². The summed E-state index contributed by atoms with van der Waals surface area (Å²) in [5, 5.41) is 22.8. The smallest absolute Gasteiger partial charge is 0.326 e. The summed E-state index contributed by atoms with van der Waals surface area (Å²) in [7, 11) is 0. The van der Waals surface area contributed by atoms with Crippen LogP contribution in [0.15, 0.2) is 72.8 Å². The lowest BCUT2D eigenvalue weighted by Gasteiger charge is -2.19. The molecule has 0 saturated heterocycles. The highest BCUT2D eigenvalue weighted by Crippen LogP contribution is 2.31. The quantitative estimate of drug-likeness (QED) is 0.143. The summed E-state index contributed by atoms with van der Waals surface area (Å²) >= 11 is 1.49. The minimum absolute atomic E-state index is 0.0330. The van der Waals surface area contributed by atoms with Gasteiger partial charge in [0, 0.05) is 23.1 Å². The number of aliphatic carboxylic acids is 1. The molecule has 0 aliphatic rings. The first kappa shape index (κ1) is 31.9. The highest BCUT2D eigenvalue weighted by Gasteiger charge is 2.22. The summed E-state index contributed by atoms with van der Waals surface area (Å²) in [5.41, 5.74) is 4.17. The minimum atomic E-state index is -1.08. The van der Waals surface area contributed by atoms with Crippen LogP contribution in [0.5, 0.6) is 5.75 Å². The molecule has 43 heavy (non-hydrogen) atoms. The van der Waals surface area contributed by atoms with Crippen LogP contribution in [-0.2, 0) is 16.6 Å². The van der Waals surface area contributed by atoms with Gasteiger partial charge in [-0.05, 0) is 59.4 Å². The van der Waals surface area contributed by atoms with Gasteiger partial charge in [0.05, 0.1) is 6.61 Å². The van der Waals surface area contributed by atoms with Gasteiger partial charge < -0.3 is 15.2 Å². The molecule has 0 spiro atoms. The Labute approximate surface area is 258 Å². The highest BCUT2D eigenvalue weighted by atomic mass is 32.1. The minimum Gasteiger partial charge on any atom is -0.494 e. The molecular weight excluding hydrogens is 558 g/mol. The largest absolute Gasteiger partial charge is 0.494 e. The van der Waals surface area contributed by atoms with Gasteiger partial charge in [0.15, 0.2) is 0 Å². The number of ether oxygens (including phenoxy) is 1. The van der Waals surface area contributed by atoms with Crippen molar-refractivity contribution in [3.05, 3.63) is 89.5 Å². The average molecular weight is 600 g/mol. The van der Waals surface area contributed by atoms with E-state index in [2.05, 4.69) is 43.2 Å². The van der Waals surface area contributed by atoms with Crippen LogP contribution in [-0.4, -0.2) is 39.8 Å². The van der Waals surface area contributed by atoms with E-state index in [9.17, 15) is 14.7 Å². The number of carbonyl (C=O) groups is 2. The number of carbonyl (C=O) groups excluding carboxylic acids is 1. The Morgan fingerprint density at radius 3 is 1.98 bits per heavy atom. The Hall–Kier alpha value is -4.04. The summed E-state index contributed by atoms with van der Waals surface area (Å²) < 4.78 is 5.87. The van der Waals surface area contributed by atoms with Gasteiger partial charge in [0.25, 0.3) is 5.91 Å². The first-order valence-corrected chi connectivity index (χ1v) is 15.8. The summed E-state index contributed by atoms with van der Waals surface area (Å²) in [4.78, 5) is 24.7. The van der Waals surface area contributed by atoms with Crippen LogP contribution in [0.25, 0.3) is 21.1 Å². The number of aromatic nitrogens is 2. The molecule has 0 saturated carbocycles. The molecule has 0 aliphatic carbocycles. The first-order valence-electron chi connectivity index (χ1n) is 14.9. The second-order valence-corrected chi connectivity index (χ2v) is 12.8. The molecule has 8 heteroatoms. The standard InChI is InChI=1S/C35H41N3O4S/c1-5-6-7-8-9-22-42-29-20-16-27(17-21-29)33-38-37-32(43-33)26-12-10-24(11-13-26)23-30(34(40)41)36-31(39)25-14-18-28(19-15-25)35(2,3)4/h10-21,30H,5-9,22-23H2,1-4H3,(H,36,39)(H,40,41)/t30-/m0/s1. The van der Waals surface area contributed by atoms with Gasteiger partial charge in [0.1, 0.15) is 21.8 Å². The fourth-order valence-corrected chi connectivity index (χ4v) is 5.48. The molecule has 7 nitrogen and oxygen atoms in total. The molecule has 0 unspecified atom stereocenters. The number of nitrogens with one attached hydrogen (secondary N) is 1. The van der Waals surface area contributed by atoms with E-state index in [0.717, 1.165) is 51.0 Å². The lowest BCUT2D eigenvalue weighted by Crippen LogP contribution is -2.42. The lowest BCUT2D eigenvalue weighted by atomic mass is 9.86. The molecule has 226 valence electrons. The molecule has 0 bridgehead atoms.